The fourth-order valence-corrected chi connectivity index (χ4v) is 3.10. The van der Waals surface area contributed by atoms with E-state index in [1.165, 1.54) is 10.5 Å². The average molecular weight is 352 g/mol. The Balaban J connectivity index is 1.65. The molecule has 0 saturated carbocycles. The van der Waals surface area contributed by atoms with Crippen molar-refractivity contribution in [2.24, 2.45) is 0 Å². The van der Waals surface area contributed by atoms with Crippen molar-refractivity contribution in [2.75, 3.05) is 11.7 Å². The van der Waals surface area contributed by atoms with E-state index in [-0.39, 0.29) is 12.7 Å². The minimum absolute atomic E-state index is 0.175. The third kappa shape index (κ3) is 2.74. The molecule has 25 heavy (non-hydrogen) atoms. The van der Waals surface area contributed by atoms with Gasteiger partial charge in [-0.1, -0.05) is 12.1 Å². The van der Waals surface area contributed by atoms with Crippen molar-refractivity contribution in [3.63, 3.8) is 0 Å². The van der Waals surface area contributed by atoms with Gasteiger partial charge in [-0.2, -0.15) is 0 Å². The molecule has 0 atom stereocenters. The number of amides is 1. The number of carbonyl (C=O) groups excluding carboxylic acids is 1. The second kappa shape index (κ2) is 5.89. The smallest absolute Gasteiger partial charge is 0.281 e. The molecule has 2 aliphatic heterocycles. The van der Waals surface area contributed by atoms with Crippen LogP contribution >= 0.6 is 12.2 Å². The molecule has 2 heterocycles. The summed E-state index contributed by atoms with van der Waals surface area (Å²) in [6.45, 7) is 4.27. The van der Waals surface area contributed by atoms with Crippen molar-refractivity contribution in [3.8, 4) is 11.5 Å². The maximum atomic E-state index is 12.8. The Labute approximate surface area is 150 Å². The molecule has 1 amide bonds. The number of hydrogen-bond acceptors (Lipinski definition) is 4. The van der Waals surface area contributed by atoms with Crippen molar-refractivity contribution in [1.82, 2.24) is 5.32 Å². The predicted octanol–water partition coefficient (Wildman–Crippen LogP) is 3.29. The van der Waals surface area contributed by atoms with E-state index in [1.54, 1.807) is 6.08 Å². The lowest BCUT2D eigenvalue weighted by Gasteiger charge is -2.15. The molecular weight excluding hydrogens is 336 g/mol. The van der Waals surface area contributed by atoms with Crippen molar-refractivity contribution in [2.45, 2.75) is 13.8 Å². The summed E-state index contributed by atoms with van der Waals surface area (Å²) < 4.78 is 10.7. The van der Waals surface area contributed by atoms with Gasteiger partial charge in [-0.25, -0.2) is 0 Å². The summed E-state index contributed by atoms with van der Waals surface area (Å²) in [6, 6.07) is 11.4. The molecule has 0 aromatic heterocycles. The molecule has 2 aromatic carbocycles. The van der Waals surface area contributed by atoms with Crippen LogP contribution in [0.1, 0.15) is 16.7 Å². The molecular formula is C19H16N2O3S. The predicted molar refractivity (Wildman–Crippen MR) is 99.7 cm³/mol. The van der Waals surface area contributed by atoms with Gasteiger partial charge < -0.3 is 14.8 Å². The zero-order valence-corrected chi connectivity index (χ0v) is 14.6. The Bertz CT molecular complexity index is 936. The van der Waals surface area contributed by atoms with Crippen molar-refractivity contribution in [1.29, 1.82) is 0 Å². The number of ether oxygens (including phenoxy) is 2. The molecule has 4 rings (SSSR count). The second-order valence-corrected chi connectivity index (χ2v) is 6.40. The Morgan fingerprint density at radius 2 is 1.88 bits per heavy atom. The number of benzene rings is 2. The first-order valence-corrected chi connectivity index (χ1v) is 8.28. The topological polar surface area (TPSA) is 50.8 Å². The van der Waals surface area contributed by atoms with Crippen LogP contribution in [0.15, 0.2) is 42.1 Å². The Morgan fingerprint density at radius 1 is 1.08 bits per heavy atom. The highest BCUT2D eigenvalue weighted by Gasteiger charge is 2.32. The van der Waals surface area contributed by atoms with Gasteiger partial charge >= 0.3 is 0 Å². The maximum Gasteiger partial charge on any atom is 0.281 e. The lowest BCUT2D eigenvalue weighted by atomic mass is 10.1. The Hall–Kier alpha value is -2.86. The number of nitrogens with one attached hydrogen (secondary N) is 1. The molecule has 1 fully saturated rings. The molecule has 0 aliphatic carbocycles. The minimum atomic E-state index is -0.175. The van der Waals surface area contributed by atoms with Gasteiger partial charge in [0.05, 0.1) is 5.69 Å². The number of nitrogens with zero attached hydrogens (tertiary/aromatic N) is 1. The molecule has 2 aromatic rings. The standard InChI is InChI=1S/C19H16N2O3S/c1-11-3-5-14(7-12(11)2)21-18(22)15(20-19(21)25)8-13-4-6-16-17(9-13)24-10-23-16/h3-9H,10H2,1-2H3,(H,20,25). The Kier molecular flexibility index (Phi) is 3.69. The molecule has 0 radical (unpaired) electrons. The summed E-state index contributed by atoms with van der Waals surface area (Å²) in [6.07, 6.45) is 1.76. The van der Waals surface area contributed by atoms with Crippen LogP contribution in [0.5, 0.6) is 11.5 Å². The van der Waals surface area contributed by atoms with Crippen molar-refractivity contribution >= 4 is 35.0 Å². The van der Waals surface area contributed by atoms with Crippen LogP contribution in [0.2, 0.25) is 0 Å². The lowest BCUT2D eigenvalue weighted by molar-refractivity contribution is -0.113. The van der Waals surface area contributed by atoms with E-state index >= 15 is 0 Å². The van der Waals surface area contributed by atoms with Gasteiger partial charge in [0, 0.05) is 0 Å². The van der Waals surface area contributed by atoms with E-state index in [9.17, 15) is 4.79 Å². The van der Waals surface area contributed by atoms with Crippen LogP contribution < -0.4 is 19.7 Å². The van der Waals surface area contributed by atoms with Crippen molar-refractivity contribution in [3.05, 3.63) is 58.8 Å². The third-order valence-corrected chi connectivity index (χ3v) is 4.62. The summed E-state index contributed by atoms with van der Waals surface area (Å²) in [7, 11) is 0. The zero-order valence-electron chi connectivity index (χ0n) is 13.8. The molecule has 6 heteroatoms. The summed E-state index contributed by atoms with van der Waals surface area (Å²) in [4.78, 5) is 14.3. The number of anilines is 1. The summed E-state index contributed by atoms with van der Waals surface area (Å²) >= 11 is 5.36. The summed E-state index contributed by atoms with van der Waals surface area (Å²) in [5.41, 5.74) is 4.32. The Morgan fingerprint density at radius 3 is 2.68 bits per heavy atom. The molecule has 1 N–H and O–H groups in total. The molecule has 0 unspecified atom stereocenters. The summed E-state index contributed by atoms with van der Waals surface area (Å²) in [5.74, 6) is 1.21. The van der Waals surface area contributed by atoms with Gasteiger partial charge in [0.25, 0.3) is 5.91 Å². The minimum Gasteiger partial charge on any atom is -0.454 e. The lowest BCUT2D eigenvalue weighted by Crippen LogP contribution is -2.30. The first-order valence-electron chi connectivity index (χ1n) is 7.87. The van der Waals surface area contributed by atoms with Gasteiger partial charge in [-0.15, -0.1) is 0 Å². The molecule has 1 saturated heterocycles. The van der Waals surface area contributed by atoms with E-state index < -0.39 is 0 Å². The zero-order chi connectivity index (χ0) is 17.6. The molecule has 0 bridgehead atoms. The molecule has 5 nitrogen and oxygen atoms in total. The number of rotatable bonds is 2. The van der Waals surface area contributed by atoms with Crippen LogP contribution in [-0.4, -0.2) is 17.8 Å². The highest BCUT2D eigenvalue weighted by Crippen LogP contribution is 2.33. The number of aryl methyl sites for hydroxylation is 2. The fraction of sp³-hybridized carbons (Fsp3) is 0.158. The quantitative estimate of drug-likeness (QED) is 0.664. The number of carbonyl (C=O) groups is 1. The molecule has 126 valence electrons. The fourth-order valence-electron chi connectivity index (χ4n) is 2.80. The maximum absolute atomic E-state index is 12.8. The van der Waals surface area contributed by atoms with E-state index in [4.69, 9.17) is 21.7 Å². The highest BCUT2D eigenvalue weighted by molar-refractivity contribution is 7.80. The van der Waals surface area contributed by atoms with E-state index in [0.717, 1.165) is 16.8 Å². The van der Waals surface area contributed by atoms with E-state index in [0.29, 0.717) is 22.3 Å². The van der Waals surface area contributed by atoms with Crippen LogP contribution in [0.25, 0.3) is 6.08 Å². The SMILES string of the molecule is Cc1ccc(N2C(=O)C(=Cc3ccc4c(c3)OCO4)NC2=S)cc1C. The van der Waals surface area contributed by atoms with Crippen LogP contribution in [0.4, 0.5) is 5.69 Å². The second-order valence-electron chi connectivity index (χ2n) is 6.01. The van der Waals surface area contributed by atoms with Crippen LogP contribution in [0.3, 0.4) is 0 Å². The van der Waals surface area contributed by atoms with Crippen LogP contribution in [-0.2, 0) is 4.79 Å². The van der Waals surface area contributed by atoms with Crippen molar-refractivity contribution < 1.29 is 14.3 Å². The van der Waals surface area contributed by atoms with Gasteiger partial charge in [-0.05, 0) is 73.1 Å². The first kappa shape index (κ1) is 15.7. The monoisotopic (exact) mass is 352 g/mol. The third-order valence-electron chi connectivity index (χ3n) is 4.33. The van der Waals surface area contributed by atoms with Crippen LogP contribution in [0, 0.1) is 13.8 Å². The molecule has 2 aliphatic rings. The number of fused-ring (bicyclic) bond motifs is 1. The largest absolute Gasteiger partial charge is 0.454 e. The van der Waals surface area contributed by atoms with Gasteiger partial charge in [0.15, 0.2) is 16.6 Å². The summed E-state index contributed by atoms with van der Waals surface area (Å²) in [5, 5.41) is 3.37. The van der Waals surface area contributed by atoms with E-state index in [1.807, 2.05) is 50.2 Å². The highest BCUT2D eigenvalue weighted by atomic mass is 32.1. The number of hydrogen-bond donors (Lipinski definition) is 1. The number of thiocarbonyl (C=S) groups is 1. The first-order chi connectivity index (χ1) is 12.0. The van der Waals surface area contributed by atoms with Gasteiger partial charge in [-0.3, -0.25) is 9.69 Å². The van der Waals surface area contributed by atoms with Gasteiger partial charge in [0.2, 0.25) is 6.79 Å². The van der Waals surface area contributed by atoms with Gasteiger partial charge in [0.1, 0.15) is 5.70 Å². The molecule has 0 spiro atoms. The van der Waals surface area contributed by atoms with E-state index in [2.05, 4.69) is 5.32 Å². The normalized spacial score (nSPS) is 17.4. The average Bonchev–Trinajstić information content (AvgIpc) is 3.15.